The molecule has 2 aromatic heterocycles. The topological polar surface area (TPSA) is 87.7 Å². The Hall–Kier alpha value is -2.33. The van der Waals surface area contributed by atoms with E-state index in [1.54, 1.807) is 28.8 Å². The summed E-state index contributed by atoms with van der Waals surface area (Å²) in [7, 11) is 0. The molecule has 2 amide bonds. The predicted octanol–water partition coefficient (Wildman–Crippen LogP) is 2.34. The summed E-state index contributed by atoms with van der Waals surface area (Å²) >= 11 is 1.62. The van der Waals surface area contributed by atoms with Crippen LogP contribution in [0.2, 0.25) is 0 Å². The normalized spacial score (nSPS) is 20.2. The minimum absolute atomic E-state index is 0.111. The van der Waals surface area contributed by atoms with Gasteiger partial charge in [0.1, 0.15) is 5.82 Å². The number of amides is 2. The average molecular weight is 461 g/mol. The van der Waals surface area contributed by atoms with Crippen LogP contribution < -0.4 is 0 Å². The molecule has 0 bridgehead atoms. The third kappa shape index (κ3) is 4.85. The summed E-state index contributed by atoms with van der Waals surface area (Å²) in [4.78, 5) is 31.3. The smallest absolute Gasteiger partial charge is 0.289 e. The second-order valence-corrected chi connectivity index (χ2v) is 9.51. The highest BCUT2D eigenvalue weighted by atomic mass is 32.2. The Kier molecular flexibility index (Phi) is 7.20. The fraction of sp³-hybridized carbons (Fsp3) is 0.636. The van der Waals surface area contributed by atoms with Gasteiger partial charge in [-0.25, -0.2) is 0 Å². The number of thioether (sulfide) groups is 1. The van der Waals surface area contributed by atoms with Crippen molar-refractivity contribution in [2.45, 2.75) is 43.8 Å². The first-order chi connectivity index (χ1) is 15.5. The second-order valence-electron chi connectivity index (χ2n) is 8.73. The molecule has 10 heteroatoms. The molecule has 0 radical (unpaired) electrons. The number of furan rings is 1. The molecule has 2 saturated heterocycles. The van der Waals surface area contributed by atoms with E-state index in [0.717, 1.165) is 36.9 Å². The minimum atomic E-state index is -0.111. The van der Waals surface area contributed by atoms with Gasteiger partial charge in [0.25, 0.3) is 5.91 Å². The summed E-state index contributed by atoms with van der Waals surface area (Å²) in [6, 6.07) is 3.69. The van der Waals surface area contributed by atoms with E-state index in [0.29, 0.717) is 44.5 Å². The maximum Gasteiger partial charge on any atom is 0.289 e. The van der Waals surface area contributed by atoms with E-state index < -0.39 is 0 Å². The fourth-order valence-electron chi connectivity index (χ4n) is 4.61. The summed E-state index contributed by atoms with van der Waals surface area (Å²) in [5, 5.41) is 9.83. The fourth-order valence-corrected chi connectivity index (χ4v) is 5.23. The number of piperidine rings is 1. The van der Waals surface area contributed by atoms with Gasteiger partial charge in [-0.05, 0) is 51.6 Å². The van der Waals surface area contributed by atoms with Gasteiger partial charge in [-0.1, -0.05) is 11.8 Å². The van der Waals surface area contributed by atoms with Crippen molar-refractivity contribution >= 4 is 23.6 Å². The van der Waals surface area contributed by atoms with Gasteiger partial charge in [0.2, 0.25) is 5.91 Å². The van der Waals surface area contributed by atoms with E-state index in [2.05, 4.69) is 33.5 Å². The zero-order valence-electron chi connectivity index (χ0n) is 19.1. The number of hydrogen-bond acceptors (Lipinski definition) is 7. The third-order valence-electron chi connectivity index (χ3n) is 6.27. The summed E-state index contributed by atoms with van der Waals surface area (Å²) in [6.07, 6.45) is 5.64. The second kappa shape index (κ2) is 10.1. The van der Waals surface area contributed by atoms with Crippen LogP contribution in [-0.2, 0) is 4.79 Å². The van der Waals surface area contributed by atoms with E-state index in [9.17, 15) is 9.59 Å². The highest BCUT2D eigenvalue weighted by molar-refractivity contribution is 7.98. The lowest BCUT2D eigenvalue weighted by Crippen LogP contribution is -2.53. The zero-order chi connectivity index (χ0) is 22.7. The van der Waals surface area contributed by atoms with Crippen molar-refractivity contribution < 1.29 is 14.0 Å². The van der Waals surface area contributed by atoms with Crippen LogP contribution >= 0.6 is 11.8 Å². The summed E-state index contributed by atoms with van der Waals surface area (Å²) in [6.45, 7) is 8.65. The molecular weight excluding hydrogens is 428 g/mol. The van der Waals surface area contributed by atoms with Crippen LogP contribution in [0, 0.1) is 0 Å². The van der Waals surface area contributed by atoms with Crippen molar-refractivity contribution in [2.75, 3.05) is 52.1 Å². The molecular formula is C22H32N6O3S. The van der Waals surface area contributed by atoms with Crippen molar-refractivity contribution in [1.82, 2.24) is 29.5 Å². The highest BCUT2D eigenvalue weighted by Gasteiger charge is 2.31. The Bertz CT molecular complexity index is 920. The molecule has 0 saturated carbocycles. The Morgan fingerprint density at radius 3 is 2.56 bits per heavy atom. The summed E-state index contributed by atoms with van der Waals surface area (Å²) in [5.41, 5.74) is 0. The van der Waals surface area contributed by atoms with Gasteiger partial charge >= 0.3 is 0 Å². The molecule has 174 valence electrons. The van der Waals surface area contributed by atoms with Crippen molar-refractivity contribution in [2.24, 2.45) is 0 Å². The number of carbonyl (C=O) groups is 2. The van der Waals surface area contributed by atoms with E-state index in [4.69, 9.17) is 4.42 Å². The molecule has 32 heavy (non-hydrogen) atoms. The van der Waals surface area contributed by atoms with Crippen LogP contribution in [0.1, 0.15) is 55.0 Å². The van der Waals surface area contributed by atoms with Crippen molar-refractivity contribution in [1.29, 1.82) is 0 Å². The van der Waals surface area contributed by atoms with Crippen LogP contribution in [0.4, 0.5) is 0 Å². The van der Waals surface area contributed by atoms with Crippen LogP contribution in [0.5, 0.6) is 0 Å². The first-order valence-electron chi connectivity index (χ1n) is 11.3. The van der Waals surface area contributed by atoms with Crippen LogP contribution in [0.15, 0.2) is 28.0 Å². The van der Waals surface area contributed by atoms with Crippen molar-refractivity contribution in [3.05, 3.63) is 30.0 Å². The van der Waals surface area contributed by atoms with E-state index in [1.807, 2.05) is 11.2 Å². The number of hydrogen-bond donors (Lipinski definition) is 0. The molecule has 4 rings (SSSR count). The van der Waals surface area contributed by atoms with Crippen LogP contribution in [0.25, 0.3) is 0 Å². The Balaban J connectivity index is 1.31. The molecule has 1 atom stereocenters. The average Bonchev–Trinajstić information content (AvgIpc) is 3.49. The molecule has 0 aromatic carbocycles. The summed E-state index contributed by atoms with van der Waals surface area (Å²) in [5.74, 6) is 1.69. The number of carbonyl (C=O) groups excluding carboxylic acids is 2. The molecule has 2 fully saturated rings. The van der Waals surface area contributed by atoms with Crippen molar-refractivity contribution in [3.63, 3.8) is 0 Å². The van der Waals surface area contributed by atoms with Gasteiger partial charge < -0.3 is 18.8 Å². The van der Waals surface area contributed by atoms with Crippen molar-refractivity contribution in [3.8, 4) is 0 Å². The molecule has 0 aliphatic carbocycles. The number of aromatic nitrogens is 3. The lowest BCUT2D eigenvalue weighted by Gasteiger charge is -2.37. The number of nitrogens with zero attached hydrogens (tertiary/aromatic N) is 6. The molecule has 2 aliphatic rings. The molecule has 9 nitrogen and oxygen atoms in total. The first-order valence-corrected chi connectivity index (χ1v) is 12.5. The molecule has 2 aliphatic heterocycles. The number of rotatable bonds is 6. The quantitative estimate of drug-likeness (QED) is 0.612. The Morgan fingerprint density at radius 2 is 1.91 bits per heavy atom. The monoisotopic (exact) mass is 460 g/mol. The summed E-state index contributed by atoms with van der Waals surface area (Å²) < 4.78 is 7.44. The van der Waals surface area contributed by atoms with E-state index in [1.165, 1.54) is 6.26 Å². The Morgan fingerprint density at radius 1 is 1.16 bits per heavy atom. The molecule has 0 N–H and O–H groups in total. The van der Waals surface area contributed by atoms with E-state index in [-0.39, 0.29) is 17.7 Å². The molecule has 0 spiro atoms. The maximum atomic E-state index is 13.0. The number of piperazine rings is 1. The van der Waals surface area contributed by atoms with Gasteiger partial charge in [-0.2, -0.15) is 0 Å². The van der Waals surface area contributed by atoms with Crippen LogP contribution in [-0.4, -0.2) is 93.3 Å². The molecule has 1 unspecified atom stereocenters. The lowest BCUT2D eigenvalue weighted by molar-refractivity contribution is -0.134. The predicted molar refractivity (Wildman–Crippen MR) is 122 cm³/mol. The number of likely N-dealkylation sites (tertiary alicyclic amines) is 1. The van der Waals surface area contributed by atoms with Gasteiger partial charge in [0, 0.05) is 44.7 Å². The van der Waals surface area contributed by atoms with E-state index >= 15 is 0 Å². The first kappa shape index (κ1) is 22.8. The third-order valence-corrected chi connectivity index (χ3v) is 6.91. The highest BCUT2D eigenvalue weighted by Crippen LogP contribution is 2.30. The minimum Gasteiger partial charge on any atom is -0.459 e. The molecule has 2 aromatic rings. The largest absolute Gasteiger partial charge is 0.459 e. The lowest BCUT2D eigenvalue weighted by atomic mass is 9.97. The standard InChI is InChI=1S/C22H32N6O3S/c1-16(2)28-20(23-24-22(28)32-3)17-6-4-8-25(14-17)15-19(29)26-9-11-27(12-10-26)21(30)18-7-5-13-31-18/h5,7,13,16-17H,4,6,8-12,14-15H2,1-3H3. The Labute approximate surface area is 193 Å². The van der Waals surface area contributed by atoms with Gasteiger partial charge in [0.05, 0.1) is 12.8 Å². The zero-order valence-corrected chi connectivity index (χ0v) is 19.9. The SMILES string of the molecule is CSc1nnc(C2CCCN(CC(=O)N3CCN(C(=O)c4ccco4)CC3)C2)n1C(C)C. The van der Waals surface area contributed by atoms with Gasteiger partial charge in [-0.3, -0.25) is 14.5 Å². The van der Waals surface area contributed by atoms with Gasteiger partial charge in [0.15, 0.2) is 10.9 Å². The maximum absolute atomic E-state index is 13.0. The molecule has 4 heterocycles. The van der Waals surface area contributed by atoms with Crippen LogP contribution in [0.3, 0.4) is 0 Å². The van der Waals surface area contributed by atoms with Gasteiger partial charge in [-0.15, -0.1) is 10.2 Å².